The molecule has 2 aliphatic rings. The number of fused-ring (bicyclic) bond motifs is 2. The summed E-state index contributed by atoms with van der Waals surface area (Å²) in [6.45, 7) is 2.01. The lowest BCUT2D eigenvalue weighted by Crippen LogP contribution is -2.39. The Bertz CT molecular complexity index is 1090. The Morgan fingerprint density at radius 2 is 2.21 bits per heavy atom. The highest BCUT2D eigenvalue weighted by Crippen LogP contribution is 2.45. The van der Waals surface area contributed by atoms with Crippen LogP contribution in [0.5, 0.6) is 11.5 Å². The fourth-order valence-electron chi connectivity index (χ4n) is 3.87. The molecule has 1 saturated carbocycles. The number of amides is 1. The Hall–Kier alpha value is -2.74. The van der Waals surface area contributed by atoms with Crippen LogP contribution in [-0.2, 0) is 4.79 Å². The third-order valence-corrected chi connectivity index (χ3v) is 6.22. The molecule has 4 heterocycles. The molecule has 2 N–H and O–H groups in total. The van der Waals surface area contributed by atoms with Gasteiger partial charge in [-0.3, -0.25) is 4.79 Å². The molecule has 0 spiro atoms. The van der Waals surface area contributed by atoms with Crippen LogP contribution >= 0.6 is 11.8 Å². The number of H-pyrrole nitrogens is 1. The SMILES string of the molecule is CSc1cc2c(c(-c3c[nH]c4cnc(NC(C)=O)cc34)n1)OCC(C1CCC1)O2. The Morgan fingerprint density at radius 1 is 1.34 bits per heavy atom. The first-order valence-corrected chi connectivity index (χ1v) is 11.0. The topological polar surface area (TPSA) is 89.1 Å². The summed E-state index contributed by atoms with van der Waals surface area (Å²) in [6.07, 6.45) is 9.40. The highest BCUT2D eigenvalue weighted by Gasteiger charge is 2.34. The molecule has 150 valence electrons. The molecule has 1 atom stereocenters. The third-order valence-electron chi connectivity index (χ3n) is 5.60. The number of carbonyl (C=O) groups is 1. The summed E-state index contributed by atoms with van der Waals surface area (Å²) in [7, 11) is 0. The second kappa shape index (κ2) is 7.26. The van der Waals surface area contributed by atoms with Gasteiger partial charge in [0.15, 0.2) is 11.5 Å². The van der Waals surface area contributed by atoms with Crippen molar-refractivity contribution in [2.75, 3.05) is 18.2 Å². The standard InChI is InChI=1S/C21H22N4O3S/c1-11(26)24-18-6-13-14(8-22-15(13)9-23-18)20-21-16(7-19(25-20)29-2)28-17(10-27-21)12-4-3-5-12/h6-9,12,17,22H,3-5,10H2,1-2H3,(H,23,24,26). The van der Waals surface area contributed by atoms with Crippen molar-refractivity contribution in [3.63, 3.8) is 0 Å². The third kappa shape index (κ3) is 3.31. The number of aromatic amines is 1. The van der Waals surface area contributed by atoms with Gasteiger partial charge in [-0.25, -0.2) is 9.97 Å². The van der Waals surface area contributed by atoms with Gasteiger partial charge in [0.1, 0.15) is 29.2 Å². The summed E-state index contributed by atoms with van der Waals surface area (Å²) in [4.78, 5) is 23.8. The quantitative estimate of drug-likeness (QED) is 0.625. The molecule has 1 aliphatic heterocycles. The molecule has 29 heavy (non-hydrogen) atoms. The van der Waals surface area contributed by atoms with Crippen molar-refractivity contribution in [2.45, 2.75) is 37.3 Å². The minimum Gasteiger partial charge on any atom is -0.484 e. The van der Waals surface area contributed by atoms with E-state index < -0.39 is 0 Å². The van der Waals surface area contributed by atoms with Crippen LogP contribution in [0.1, 0.15) is 26.2 Å². The number of carbonyl (C=O) groups excluding carboxylic acids is 1. The van der Waals surface area contributed by atoms with E-state index in [-0.39, 0.29) is 12.0 Å². The molecule has 0 radical (unpaired) electrons. The lowest BCUT2D eigenvalue weighted by atomic mass is 9.81. The van der Waals surface area contributed by atoms with Crippen LogP contribution < -0.4 is 14.8 Å². The van der Waals surface area contributed by atoms with Gasteiger partial charge in [0.2, 0.25) is 5.91 Å². The fraction of sp³-hybridized carbons (Fsp3) is 0.381. The van der Waals surface area contributed by atoms with Crippen molar-refractivity contribution in [1.82, 2.24) is 15.0 Å². The maximum atomic E-state index is 11.4. The molecular weight excluding hydrogens is 388 g/mol. The monoisotopic (exact) mass is 410 g/mol. The zero-order valence-electron chi connectivity index (χ0n) is 16.3. The summed E-state index contributed by atoms with van der Waals surface area (Å²) in [5.74, 6) is 2.36. The summed E-state index contributed by atoms with van der Waals surface area (Å²) >= 11 is 1.57. The Morgan fingerprint density at radius 3 is 2.93 bits per heavy atom. The van der Waals surface area contributed by atoms with E-state index in [1.165, 1.54) is 26.2 Å². The van der Waals surface area contributed by atoms with Crippen molar-refractivity contribution in [3.8, 4) is 22.8 Å². The summed E-state index contributed by atoms with van der Waals surface area (Å²) in [5.41, 5.74) is 2.50. The average molecular weight is 410 g/mol. The highest BCUT2D eigenvalue weighted by molar-refractivity contribution is 7.98. The minimum absolute atomic E-state index is 0.111. The molecule has 1 aliphatic carbocycles. The van der Waals surface area contributed by atoms with E-state index in [4.69, 9.17) is 14.5 Å². The van der Waals surface area contributed by atoms with Crippen LogP contribution in [0.25, 0.3) is 22.2 Å². The molecule has 3 aromatic rings. The van der Waals surface area contributed by atoms with Crippen molar-refractivity contribution in [3.05, 3.63) is 24.5 Å². The molecule has 1 fully saturated rings. The summed E-state index contributed by atoms with van der Waals surface area (Å²) < 4.78 is 12.5. The van der Waals surface area contributed by atoms with Crippen LogP contribution in [0, 0.1) is 5.92 Å². The molecule has 3 aromatic heterocycles. The van der Waals surface area contributed by atoms with Gasteiger partial charge in [-0.2, -0.15) is 0 Å². The number of pyridine rings is 2. The van der Waals surface area contributed by atoms with Crippen molar-refractivity contribution >= 4 is 34.4 Å². The molecule has 1 amide bonds. The fourth-order valence-corrected chi connectivity index (χ4v) is 4.28. The summed E-state index contributed by atoms with van der Waals surface area (Å²) in [6, 6.07) is 3.82. The normalized spacial score (nSPS) is 18.5. The second-order valence-corrected chi connectivity index (χ2v) is 8.32. The lowest BCUT2D eigenvalue weighted by Gasteiger charge is -2.37. The zero-order chi connectivity index (χ0) is 20.0. The molecule has 1 unspecified atom stereocenters. The van der Waals surface area contributed by atoms with E-state index in [0.29, 0.717) is 24.1 Å². The van der Waals surface area contributed by atoms with Gasteiger partial charge in [0.05, 0.1) is 11.7 Å². The first-order chi connectivity index (χ1) is 14.1. The lowest BCUT2D eigenvalue weighted by molar-refractivity contribution is -0.114. The van der Waals surface area contributed by atoms with Gasteiger partial charge < -0.3 is 19.8 Å². The number of nitrogens with zero attached hydrogens (tertiary/aromatic N) is 2. The Labute approximate surface area is 172 Å². The van der Waals surface area contributed by atoms with E-state index in [9.17, 15) is 4.79 Å². The van der Waals surface area contributed by atoms with Crippen LogP contribution in [-0.4, -0.2) is 39.8 Å². The molecule has 8 heteroatoms. The maximum Gasteiger partial charge on any atom is 0.222 e. The van der Waals surface area contributed by atoms with E-state index in [1.807, 2.05) is 24.6 Å². The van der Waals surface area contributed by atoms with Crippen LogP contribution in [0.4, 0.5) is 5.82 Å². The number of nitrogens with one attached hydrogen (secondary N) is 2. The van der Waals surface area contributed by atoms with E-state index in [0.717, 1.165) is 32.9 Å². The number of anilines is 1. The Balaban J connectivity index is 1.60. The first-order valence-electron chi connectivity index (χ1n) is 9.76. The molecule has 7 nitrogen and oxygen atoms in total. The van der Waals surface area contributed by atoms with E-state index in [1.54, 1.807) is 18.0 Å². The first kappa shape index (κ1) is 18.3. The summed E-state index contributed by atoms with van der Waals surface area (Å²) in [5, 5.41) is 4.53. The molecule has 0 aromatic carbocycles. The van der Waals surface area contributed by atoms with Gasteiger partial charge in [0, 0.05) is 30.1 Å². The number of rotatable bonds is 4. The van der Waals surface area contributed by atoms with E-state index in [2.05, 4.69) is 15.3 Å². The molecule has 0 saturated heterocycles. The molecular formula is C21H22N4O3S. The zero-order valence-corrected chi connectivity index (χ0v) is 17.1. The van der Waals surface area contributed by atoms with Crippen LogP contribution in [0.2, 0.25) is 0 Å². The van der Waals surface area contributed by atoms with Gasteiger partial charge in [0.25, 0.3) is 0 Å². The number of aromatic nitrogens is 3. The highest BCUT2D eigenvalue weighted by atomic mass is 32.2. The van der Waals surface area contributed by atoms with Gasteiger partial charge in [-0.15, -0.1) is 11.8 Å². The van der Waals surface area contributed by atoms with Crippen molar-refractivity contribution in [2.24, 2.45) is 5.92 Å². The Kier molecular flexibility index (Phi) is 4.58. The number of hydrogen-bond acceptors (Lipinski definition) is 6. The van der Waals surface area contributed by atoms with Gasteiger partial charge in [-0.05, 0) is 31.1 Å². The molecule has 0 bridgehead atoms. The van der Waals surface area contributed by atoms with Crippen LogP contribution in [0.15, 0.2) is 29.6 Å². The maximum absolute atomic E-state index is 11.4. The van der Waals surface area contributed by atoms with Crippen LogP contribution in [0.3, 0.4) is 0 Å². The smallest absolute Gasteiger partial charge is 0.222 e. The number of hydrogen-bond donors (Lipinski definition) is 2. The average Bonchev–Trinajstić information content (AvgIpc) is 3.08. The molecule has 5 rings (SSSR count). The predicted molar refractivity (Wildman–Crippen MR) is 113 cm³/mol. The number of thioether (sulfide) groups is 1. The van der Waals surface area contributed by atoms with Gasteiger partial charge in [-0.1, -0.05) is 6.42 Å². The largest absolute Gasteiger partial charge is 0.484 e. The minimum atomic E-state index is -0.160. The van der Waals surface area contributed by atoms with Crippen molar-refractivity contribution in [1.29, 1.82) is 0 Å². The number of ether oxygens (including phenoxy) is 2. The second-order valence-electron chi connectivity index (χ2n) is 7.50. The van der Waals surface area contributed by atoms with Crippen molar-refractivity contribution < 1.29 is 14.3 Å². The van der Waals surface area contributed by atoms with Gasteiger partial charge >= 0.3 is 0 Å². The predicted octanol–water partition coefficient (Wildman–Crippen LogP) is 4.25. The van der Waals surface area contributed by atoms with E-state index >= 15 is 0 Å².